The first kappa shape index (κ1) is 12.1. The third-order valence-electron chi connectivity index (χ3n) is 2.76. The van der Waals surface area contributed by atoms with Gasteiger partial charge < -0.3 is 4.90 Å². The number of nitrogens with zero attached hydrogens (tertiary/aromatic N) is 3. The lowest BCUT2D eigenvalue weighted by atomic mass is 10.2. The Labute approximate surface area is 106 Å². The number of benzene rings is 1. The topological polar surface area (TPSA) is 29.0 Å². The van der Waals surface area contributed by atoms with Crippen molar-refractivity contribution in [2.45, 2.75) is 19.8 Å². The zero-order valence-electron chi connectivity index (χ0n) is 10.2. The molecule has 17 heavy (non-hydrogen) atoms. The van der Waals surface area contributed by atoms with Gasteiger partial charge in [-0.15, -0.1) is 0 Å². The van der Waals surface area contributed by atoms with E-state index in [1.54, 1.807) is 0 Å². The quantitative estimate of drug-likeness (QED) is 0.777. The van der Waals surface area contributed by atoms with Crippen molar-refractivity contribution in [2.24, 2.45) is 0 Å². The zero-order valence-corrected chi connectivity index (χ0v) is 10.9. The number of halogens is 1. The first-order valence-corrected chi connectivity index (χ1v) is 6.23. The van der Waals surface area contributed by atoms with Crippen LogP contribution >= 0.6 is 11.6 Å². The van der Waals surface area contributed by atoms with Gasteiger partial charge in [0, 0.05) is 19.0 Å². The van der Waals surface area contributed by atoms with Crippen molar-refractivity contribution in [3.8, 4) is 0 Å². The number of anilines is 1. The van der Waals surface area contributed by atoms with Crippen molar-refractivity contribution in [3.05, 3.63) is 29.5 Å². The average molecular weight is 250 g/mol. The van der Waals surface area contributed by atoms with Gasteiger partial charge in [0.1, 0.15) is 5.82 Å². The number of hydrogen-bond donors (Lipinski definition) is 0. The summed E-state index contributed by atoms with van der Waals surface area (Å²) in [6.45, 7) is 3.16. The number of fused-ring (bicyclic) bond motifs is 1. The van der Waals surface area contributed by atoms with E-state index in [2.05, 4.69) is 21.8 Å². The molecule has 90 valence electrons. The van der Waals surface area contributed by atoms with Crippen LogP contribution in [0.25, 0.3) is 10.9 Å². The first-order chi connectivity index (χ1) is 8.22. The van der Waals surface area contributed by atoms with E-state index in [1.165, 1.54) is 6.42 Å². The summed E-state index contributed by atoms with van der Waals surface area (Å²) in [7, 11) is 2.04. The van der Waals surface area contributed by atoms with Gasteiger partial charge in [0.25, 0.3) is 0 Å². The molecule has 0 bridgehead atoms. The number of hydrogen-bond acceptors (Lipinski definition) is 3. The summed E-state index contributed by atoms with van der Waals surface area (Å²) in [5.41, 5.74) is 0.894. The van der Waals surface area contributed by atoms with Crippen LogP contribution in [-0.2, 0) is 0 Å². The van der Waals surface area contributed by atoms with Crippen molar-refractivity contribution in [3.63, 3.8) is 0 Å². The van der Waals surface area contributed by atoms with Gasteiger partial charge in [-0.3, -0.25) is 0 Å². The molecule has 1 heterocycles. The molecule has 0 fully saturated rings. The fraction of sp³-hybridized carbons (Fsp3) is 0.385. The van der Waals surface area contributed by atoms with Crippen LogP contribution < -0.4 is 4.90 Å². The fourth-order valence-electron chi connectivity index (χ4n) is 1.82. The van der Waals surface area contributed by atoms with E-state index in [9.17, 15) is 0 Å². The summed E-state index contributed by atoms with van der Waals surface area (Å²) in [5, 5.41) is 1.36. The molecular formula is C13H16ClN3. The van der Waals surface area contributed by atoms with Crippen molar-refractivity contribution in [2.75, 3.05) is 18.5 Å². The fourth-order valence-corrected chi connectivity index (χ4v) is 2.00. The lowest BCUT2D eigenvalue weighted by molar-refractivity contribution is 0.761. The predicted molar refractivity (Wildman–Crippen MR) is 72.7 cm³/mol. The summed E-state index contributed by atoms with van der Waals surface area (Å²) in [4.78, 5) is 10.7. The van der Waals surface area contributed by atoms with Gasteiger partial charge in [0.15, 0.2) is 0 Å². The molecule has 1 aromatic heterocycles. The summed E-state index contributed by atoms with van der Waals surface area (Å²) < 4.78 is 0. The Balaban J connectivity index is 2.44. The normalized spacial score (nSPS) is 10.8. The molecule has 0 atom stereocenters. The van der Waals surface area contributed by atoms with Crippen LogP contribution in [0.4, 0.5) is 5.82 Å². The number of unbranched alkanes of at least 4 members (excludes halogenated alkanes) is 1. The van der Waals surface area contributed by atoms with Crippen LogP contribution in [0.15, 0.2) is 24.3 Å². The molecule has 0 unspecified atom stereocenters. The lowest BCUT2D eigenvalue weighted by Crippen LogP contribution is -2.20. The number of aromatic nitrogens is 2. The molecule has 0 aliphatic heterocycles. The minimum absolute atomic E-state index is 0.307. The molecule has 0 amide bonds. The van der Waals surface area contributed by atoms with Crippen molar-refractivity contribution < 1.29 is 0 Å². The third kappa shape index (κ3) is 2.67. The van der Waals surface area contributed by atoms with E-state index < -0.39 is 0 Å². The maximum absolute atomic E-state index is 5.95. The van der Waals surface area contributed by atoms with E-state index >= 15 is 0 Å². The van der Waals surface area contributed by atoms with E-state index in [4.69, 9.17) is 11.6 Å². The Morgan fingerprint density at radius 2 is 2.00 bits per heavy atom. The Kier molecular flexibility index (Phi) is 3.79. The Hall–Kier alpha value is -1.35. The first-order valence-electron chi connectivity index (χ1n) is 5.85. The Morgan fingerprint density at radius 1 is 1.24 bits per heavy atom. The summed E-state index contributed by atoms with van der Waals surface area (Å²) in [6.07, 6.45) is 2.31. The van der Waals surface area contributed by atoms with Gasteiger partial charge in [0.2, 0.25) is 5.28 Å². The standard InChI is InChI=1S/C13H16ClN3/c1-3-4-9-17(2)12-10-7-5-6-8-11(10)15-13(14)16-12/h5-8H,3-4,9H2,1-2H3. The SMILES string of the molecule is CCCCN(C)c1nc(Cl)nc2ccccc12. The molecule has 0 aliphatic rings. The molecule has 2 rings (SSSR count). The Bertz CT molecular complexity index is 513. The second-order valence-corrected chi connectivity index (χ2v) is 4.45. The van der Waals surface area contributed by atoms with E-state index in [1.807, 2.05) is 31.3 Å². The Morgan fingerprint density at radius 3 is 2.76 bits per heavy atom. The number of rotatable bonds is 4. The van der Waals surface area contributed by atoms with Gasteiger partial charge in [-0.1, -0.05) is 25.5 Å². The molecule has 0 saturated carbocycles. The summed E-state index contributed by atoms with van der Waals surface area (Å²) in [5.74, 6) is 0.911. The minimum atomic E-state index is 0.307. The van der Waals surface area contributed by atoms with Crippen molar-refractivity contribution in [1.82, 2.24) is 9.97 Å². The molecule has 0 N–H and O–H groups in total. The molecular weight excluding hydrogens is 234 g/mol. The highest BCUT2D eigenvalue weighted by atomic mass is 35.5. The van der Waals surface area contributed by atoms with E-state index in [-0.39, 0.29) is 0 Å². The molecule has 4 heteroatoms. The van der Waals surface area contributed by atoms with Gasteiger partial charge in [-0.05, 0) is 30.2 Å². The van der Waals surface area contributed by atoms with Gasteiger partial charge in [-0.25, -0.2) is 4.98 Å². The monoisotopic (exact) mass is 249 g/mol. The molecule has 0 saturated heterocycles. The second-order valence-electron chi connectivity index (χ2n) is 4.11. The average Bonchev–Trinajstić information content (AvgIpc) is 2.34. The van der Waals surface area contributed by atoms with E-state index in [0.717, 1.165) is 29.7 Å². The molecule has 1 aromatic carbocycles. The zero-order chi connectivity index (χ0) is 12.3. The summed E-state index contributed by atoms with van der Waals surface area (Å²) >= 11 is 5.95. The maximum atomic E-state index is 5.95. The van der Waals surface area contributed by atoms with Crippen LogP contribution in [0, 0.1) is 0 Å². The highest BCUT2D eigenvalue weighted by Crippen LogP contribution is 2.24. The van der Waals surface area contributed by atoms with Crippen molar-refractivity contribution >= 4 is 28.3 Å². The third-order valence-corrected chi connectivity index (χ3v) is 2.93. The molecule has 2 aromatic rings. The summed E-state index contributed by atoms with van der Waals surface area (Å²) in [6, 6.07) is 7.95. The molecule has 0 aliphatic carbocycles. The smallest absolute Gasteiger partial charge is 0.224 e. The minimum Gasteiger partial charge on any atom is -0.359 e. The highest BCUT2D eigenvalue weighted by molar-refractivity contribution is 6.28. The van der Waals surface area contributed by atoms with Crippen LogP contribution in [0.2, 0.25) is 5.28 Å². The van der Waals surface area contributed by atoms with Gasteiger partial charge >= 0.3 is 0 Å². The van der Waals surface area contributed by atoms with Crippen molar-refractivity contribution in [1.29, 1.82) is 0 Å². The predicted octanol–water partition coefficient (Wildman–Crippen LogP) is 3.52. The highest BCUT2D eigenvalue weighted by Gasteiger charge is 2.09. The van der Waals surface area contributed by atoms with Gasteiger partial charge in [0.05, 0.1) is 5.52 Å². The molecule has 3 nitrogen and oxygen atoms in total. The van der Waals surface area contributed by atoms with Crippen LogP contribution in [0.5, 0.6) is 0 Å². The molecule has 0 spiro atoms. The van der Waals surface area contributed by atoms with Crippen LogP contribution in [0.1, 0.15) is 19.8 Å². The maximum Gasteiger partial charge on any atom is 0.224 e. The molecule has 0 radical (unpaired) electrons. The largest absolute Gasteiger partial charge is 0.359 e. The number of para-hydroxylation sites is 1. The second kappa shape index (κ2) is 5.32. The van der Waals surface area contributed by atoms with Crippen LogP contribution in [-0.4, -0.2) is 23.6 Å². The van der Waals surface area contributed by atoms with Crippen LogP contribution in [0.3, 0.4) is 0 Å². The van der Waals surface area contributed by atoms with E-state index in [0.29, 0.717) is 5.28 Å². The van der Waals surface area contributed by atoms with Gasteiger partial charge in [-0.2, -0.15) is 4.98 Å². The lowest BCUT2D eigenvalue weighted by Gasteiger charge is -2.19.